The summed E-state index contributed by atoms with van der Waals surface area (Å²) in [6, 6.07) is 9.18. The molecule has 1 heterocycles. The van der Waals surface area contributed by atoms with Crippen molar-refractivity contribution in [3.8, 4) is 0 Å². The van der Waals surface area contributed by atoms with Gasteiger partial charge in [-0.25, -0.2) is 17.6 Å². The Balaban J connectivity index is 1.66. The molecule has 15 heteroatoms. The van der Waals surface area contributed by atoms with Crippen molar-refractivity contribution in [2.75, 3.05) is 4.72 Å². The fourth-order valence-electron chi connectivity index (χ4n) is 3.36. The van der Waals surface area contributed by atoms with E-state index in [1.165, 1.54) is 24.3 Å². The predicted octanol–water partition coefficient (Wildman–Crippen LogP) is 5.13. The average molecular weight is 648 g/mol. The van der Waals surface area contributed by atoms with E-state index < -0.39 is 33.8 Å². The Morgan fingerprint density at radius 2 is 1.84 bits per heavy atom. The molecule has 3 aromatic carbocycles. The number of aromatic nitrogens is 2. The molecule has 0 saturated heterocycles. The maximum absolute atomic E-state index is 13.5. The van der Waals surface area contributed by atoms with Gasteiger partial charge in [0.25, 0.3) is 15.9 Å². The van der Waals surface area contributed by atoms with Crippen molar-refractivity contribution in [3.63, 3.8) is 0 Å². The molecule has 37 heavy (non-hydrogen) atoms. The highest BCUT2D eigenvalue weighted by atomic mass is 79.9. The number of halogens is 4. The van der Waals surface area contributed by atoms with Gasteiger partial charge in [0.15, 0.2) is 0 Å². The lowest BCUT2D eigenvalue weighted by molar-refractivity contribution is -0.139. The molecular weight excluding hydrogens is 634 g/mol. The number of rotatable bonds is 8. The van der Waals surface area contributed by atoms with Crippen LogP contribution in [-0.2, 0) is 21.2 Å². The monoisotopic (exact) mass is 646 g/mol. The summed E-state index contributed by atoms with van der Waals surface area (Å²) in [5.74, 6) is -2.83. The molecule has 0 spiro atoms. The molecule has 0 radical (unpaired) electrons. The number of nitrogens with one attached hydrogen (secondary N) is 2. The lowest BCUT2D eigenvalue weighted by Crippen LogP contribution is -2.42. The zero-order valence-corrected chi connectivity index (χ0v) is 22.9. The molecule has 1 aromatic heterocycles. The van der Waals surface area contributed by atoms with Gasteiger partial charge in [-0.3, -0.25) is 9.52 Å². The van der Waals surface area contributed by atoms with Gasteiger partial charge in [0.1, 0.15) is 27.8 Å². The zero-order valence-electron chi connectivity index (χ0n) is 18.2. The van der Waals surface area contributed by atoms with E-state index in [-0.39, 0.29) is 42.6 Å². The number of sulfonamides is 1. The number of carbonyl (C=O) groups is 2. The zero-order chi connectivity index (χ0) is 26.9. The number of anilines is 1. The molecule has 1 unspecified atom stereocenters. The third kappa shape index (κ3) is 6.02. The maximum Gasteiger partial charge on any atom is 0.326 e. The number of benzene rings is 3. The first-order valence-corrected chi connectivity index (χ1v) is 13.9. The lowest BCUT2D eigenvalue weighted by Gasteiger charge is -2.18. The van der Waals surface area contributed by atoms with E-state index in [1.807, 2.05) is 0 Å². The van der Waals surface area contributed by atoms with Gasteiger partial charge in [0, 0.05) is 6.42 Å². The van der Waals surface area contributed by atoms with Gasteiger partial charge in [-0.05, 0) is 57.9 Å². The number of nitrogens with zero attached hydrogens (tertiary/aromatic N) is 2. The number of amides is 1. The van der Waals surface area contributed by atoms with Crippen LogP contribution >= 0.6 is 50.9 Å². The molecule has 0 aliphatic rings. The normalized spacial score (nSPS) is 12.3. The quantitative estimate of drug-likeness (QED) is 0.241. The molecule has 1 amide bonds. The number of fused-ring (bicyclic) bond motifs is 1. The van der Waals surface area contributed by atoms with Crippen LogP contribution in [0.2, 0.25) is 10.0 Å². The third-order valence-corrected chi connectivity index (χ3v) is 8.38. The van der Waals surface area contributed by atoms with Gasteiger partial charge in [0.05, 0.1) is 37.5 Å². The summed E-state index contributed by atoms with van der Waals surface area (Å²) in [4.78, 5) is 24.8. The van der Waals surface area contributed by atoms with E-state index in [4.69, 9.17) is 23.2 Å². The van der Waals surface area contributed by atoms with E-state index in [0.29, 0.717) is 11.1 Å². The summed E-state index contributed by atoms with van der Waals surface area (Å²) in [6.45, 7) is 0. The van der Waals surface area contributed by atoms with Crippen molar-refractivity contribution in [3.05, 3.63) is 80.0 Å². The van der Waals surface area contributed by atoms with Gasteiger partial charge in [-0.2, -0.15) is 8.75 Å². The van der Waals surface area contributed by atoms with Crippen LogP contribution in [0.3, 0.4) is 0 Å². The SMILES string of the molecule is O=C(NC(Cc1ccc(F)c(Br)c1)C(=O)O)c1cc(Cl)c(Cl)cc1NS(=O)(=O)c1cccc2nsnc12. The number of aliphatic carboxylic acids is 1. The second-order valence-electron chi connectivity index (χ2n) is 7.62. The van der Waals surface area contributed by atoms with Crippen LogP contribution in [0.5, 0.6) is 0 Å². The fourth-order valence-corrected chi connectivity index (χ4v) is 5.95. The molecule has 0 aliphatic heterocycles. The summed E-state index contributed by atoms with van der Waals surface area (Å²) in [7, 11) is -4.28. The average Bonchev–Trinajstić information content (AvgIpc) is 3.31. The van der Waals surface area contributed by atoms with Crippen LogP contribution in [0, 0.1) is 5.82 Å². The highest BCUT2D eigenvalue weighted by molar-refractivity contribution is 9.10. The lowest BCUT2D eigenvalue weighted by atomic mass is 10.0. The van der Waals surface area contributed by atoms with Gasteiger partial charge in [-0.1, -0.05) is 35.3 Å². The van der Waals surface area contributed by atoms with Crippen molar-refractivity contribution < 1.29 is 27.5 Å². The molecule has 0 fully saturated rings. The summed E-state index contributed by atoms with van der Waals surface area (Å²) in [5.41, 5.74) is 0.439. The van der Waals surface area contributed by atoms with E-state index in [0.717, 1.165) is 29.9 Å². The predicted molar refractivity (Wildman–Crippen MR) is 141 cm³/mol. The van der Waals surface area contributed by atoms with Crippen molar-refractivity contribution in [1.29, 1.82) is 0 Å². The van der Waals surface area contributed by atoms with Crippen LogP contribution in [0.15, 0.2) is 57.9 Å². The van der Waals surface area contributed by atoms with Crippen LogP contribution in [-0.4, -0.2) is 40.2 Å². The molecule has 0 aliphatic carbocycles. The molecule has 4 rings (SSSR count). The molecule has 192 valence electrons. The van der Waals surface area contributed by atoms with Gasteiger partial charge < -0.3 is 10.4 Å². The first-order chi connectivity index (χ1) is 17.5. The van der Waals surface area contributed by atoms with Gasteiger partial charge in [-0.15, -0.1) is 0 Å². The van der Waals surface area contributed by atoms with Crippen LogP contribution in [0.1, 0.15) is 15.9 Å². The molecular formula is C22H14BrCl2FN4O5S2. The van der Waals surface area contributed by atoms with Crippen LogP contribution in [0.4, 0.5) is 10.1 Å². The van der Waals surface area contributed by atoms with E-state index in [1.54, 1.807) is 6.07 Å². The van der Waals surface area contributed by atoms with Crippen molar-refractivity contribution >= 4 is 89.5 Å². The largest absolute Gasteiger partial charge is 0.480 e. The minimum absolute atomic E-state index is 0.0459. The molecule has 9 nitrogen and oxygen atoms in total. The van der Waals surface area contributed by atoms with Gasteiger partial charge in [0.2, 0.25) is 0 Å². The number of carbonyl (C=O) groups excluding carboxylic acids is 1. The Kier molecular flexibility index (Phi) is 7.99. The maximum atomic E-state index is 13.5. The number of carboxylic acids is 1. The van der Waals surface area contributed by atoms with E-state index in [9.17, 15) is 27.5 Å². The van der Waals surface area contributed by atoms with Gasteiger partial charge >= 0.3 is 5.97 Å². The minimum Gasteiger partial charge on any atom is -0.480 e. The Morgan fingerprint density at radius 1 is 1.11 bits per heavy atom. The Morgan fingerprint density at radius 3 is 2.54 bits per heavy atom. The second kappa shape index (κ2) is 10.9. The smallest absolute Gasteiger partial charge is 0.326 e. The highest BCUT2D eigenvalue weighted by Gasteiger charge is 2.27. The number of hydrogen-bond acceptors (Lipinski definition) is 7. The molecule has 0 saturated carbocycles. The topological polar surface area (TPSA) is 138 Å². The van der Waals surface area contributed by atoms with Crippen LogP contribution < -0.4 is 10.0 Å². The molecule has 4 aromatic rings. The van der Waals surface area contributed by atoms with E-state index >= 15 is 0 Å². The standard InChI is InChI=1S/C22H14BrCl2FN4O5S2/c23-12-6-10(4-5-15(12)26)7-18(22(32)33)27-21(31)11-8-13(24)14(25)9-17(11)30-37(34,35)19-3-1-2-16-20(19)29-36-28-16/h1-6,8-9,18,30H,7H2,(H,27,31)(H,32,33). The Bertz CT molecular complexity index is 1650. The minimum atomic E-state index is -4.28. The highest BCUT2D eigenvalue weighted by Crippen LogP contribution is 2.32. The van der Waals surface area contributed by atoms with E-state index in [2.05, 4.69) is 34.7 Å². The third-order valence-electron chi connectivity index (χ3n) is 5.12. The Hall–Kier alpha value is -2.84. The van der Waals surface area contributed by atoms with Crippen LogP contribution in [0.25, 0.3) is 11.0 Å². The van der Waals surface area contributed by atoms with Crippen molar-refractivity contribution in [2.24, 2.45) is 0 Å². The first-order valence-electron chi connectivity index (χ1n) is 10.2. The molecule has 0 bridgehead atoms. The number of hydrogen-bond donors (Lipinski definition) is 3. The Labute approximate surface area is 232 Å². The summed E-state index contributed by atoms with van der Waals surface area (Å²) < 4.78 is 50.4. The van der Waals surface area contributed by atoms with Crippen molar-refractivity contribution in [2.45, 2.75) is 17.4 Å². The second-order valence-corrected chi connectivity index (χ2v) is 11.5. The number of carboxylic acid groups (broad SMARTS) is 1. The summed E-state index contributed by atoms with van der Waals surface area (Å²) in [6.07, 6.45) is -0.179. The first kappa shape index (κ1) is 27.2. The molecule has 3 N–H and O–H groups in total. The molecule has 1 atom stereocenters. The fraction of sp³-hybridized carbons (Fsp3) is 0.0909. The summed E-state index contributed by atoms with van der Waals surface area (Å²) in [5, 5.41) is 11.9. The summed E-state index contributed by atoms with van der Waals surface area (Å²) >= 11 is 16.0. The van der Waals surface area contributed by atoms with Crippen molar-refractivity contribution in [1.82, 2.24) is 14.1 Å².